The molecule has 0 N–H and O–H groups in total. The zero-order valence-corrected chi connectivity index (χ0v) is 15.4. The first-order valence-electron chi connectivity index (χ1n) is 7.46. The maximum atomic E-state index is 13.0. The molecule has 0 radical (unpaired) electrons. The Labute approximate surface area is 152 Å². The van der Waals surface area contributed by atoms with E-state index in [4.69, 9.17) is 0 Å². The minimum Gasteiger partial charge on any atom is -0.300 e. The number of para-hydroxylation sites is 1. The summed E-state index contributed by atoms with van der Waals surface area (Å²) in [6.07, 6.45) is 0.452. The topological polar surface area (TPSA) is 52.0 Å². The number of hydrogen-bond donors (Lipinski definition) is 0. The van der Waals surface area contributed by atoms with Crippen molar-refractivity contribution in [1.29, 1.82) is 0 Å². The third-order valence-electron chi connectivity index (χ3n) is 3.50. The number of carbonyl (C=O) groups is 1. The molecule has 0 unspecified atom stereocenters. The molecule has 0 spiro atoms. The number of thioether (sulfide) groups is 1. The summed E-state index contributed by atoms with van der Waals surface area (Å²) in [6.45, 7) is 1.57. The first-order valence-corrected chi connectivity index (χ1v) is 9.24. The number of rotatable bonds is 5. The van der Waals surface area contributed by atoms with E-state index in [0.717, 1.165) is 10.2 Å². The van der Waals surface area contributed by atoms with Gasteiger partial charge in [0, 0.05) is 16.6 Å². The Bertz CT molecular complexity index is 954. The second-order valence-corrected chi connectivity index (χ2v) is 7.31. The molecular weight excluding hydrogens is 388 g/mol. The SMILES string of the molecule is CC(=O)CCSc1nc2ccc(Br)cc2c(=O)n1-c1ccccc1. The highest BCUT2D eigenvalue weighted by Gasteiger charge is 2.13. The van der Waals surface area contributed by atoms with Crippen molar-refractivity contribution in [3.05, 3.63) is 63.4 Å². The lowest BCUT2D eigenvalue weighted by atomic mass is 10.2. The molecule has 0 fully saturated rings. The maximum Gasteiger partial charge on any atom is 0.266 e. The van der Waals surface area contributed by atoms with Crippen LogP contribution in [0.5, 0.6) is 0 Å². The molecule has 4 nitrogen and oxygen atoms in total. The zero-order valence-electron chi connectivity index (χ0n) is 13.0. The number of halogens is 1. The van der Waals surface area contributed by atoms with Gasteiger partial charge in [-0.2, -0.15) is 0 Å². The van der Waals surface area contributed by atoms with Gasteiger partial charge in [0.15, 0.2) is 5.16 Å². The molecule has 122 valence electrons. The van der Waals surface area contributed by atoms with Gasteiger partial charge in [0.25, 0.3) is 5.56 Å². The molecule has 0 saturated heterocycles. The van der Waals surface area contributed by atoms with E-state index in [9.17, 15) is 9.59 Å². The van der Waals surface area contributed by atoms with Gasteiger partial charge in [-0.15, -0.1) is 0 Å². The molecule has 0 saturated carbocycles. The fourth-order valence-electron chi connectivity index (χ4n) is 2.33. The number of aromatic nitrogens is 2. The highest BCUT2D eigenvalue weighted by atomic mass is 79.9. The first-order chi connectivity index (χ1) is 11.6. The Morgan fingerprint density at radius 3 is 2.67 bits per heavy atom. The van der Waals surface area contributed by atoms with Gasteiger partial charge in [0.05, 0.1) is 16.6 Å². The van der Waals surface area contributed by atoms with E-state index in [1.165, 1.54) is 11.8 Å². The quantitative estimate of drug-likeness (QED) is 0.473. The lowest BCUT2D eigenvalue weighted by Crippen LogP contribution is -2.21. The Kier molecular flexibility index (Phi) is 5.16. The van der Waals surface area contributed by atoms with E-state index >= 15 is 0 Å². The Hall–Kier alpha value is -1.92. The molecule has 24 heavy (non-hydrogen) atoms. The Morgan fingerprint density at radius 1 is 1.21 bits per heavy atom. The fourth-order valence-corrected chi connectivity index (χ4v) is 3.74. The summed E-state index contributed by atoms with van der Waals surface area (Å²) in [5, 5.41) is 1.16. The lowest BCUT2D eigenvalue weighted by molar-refractivity contribution is -0.116. The van der Waals surface area contributed by atoms with Crippen molar-refractivity contribution >= 4 is 44.4 Å². The molecule has 2 aromatic carbocycles. The van der Waals surface area contributed by atoms with Gasteiger partial charge in [-0.05, 0) is 37.3 Å². The number of ketones is 1. The highest BCUT2D eigenvalue weighted by molar-refractivity contribution is 9.10. The Morgan fingerprint density at radius 2 is 1.96 bits per heavy atom. The average Bonchev–Trinajstić information content (AvgIpc) is 2.56. The standard InChI is InChI=1S/C18H15BrN2O2S/c1-12(22)9-10-24-18-20-16-8-7-13(19)11-15(16)17(23)21(18)14-5-3-2-4-6-14/h2-8,11H,9-10H2,1H3. The second kappa shape index (κ2) is 7.32. The van der Waals surface area contributed by atoms with Gasteiger partial charge in [-0.1, -0.05) is 45.9 Å². The van der Waals surface area contributed by atoms with E-state index in [1.807, 2.05) is 42.5 Å². The monoisotopic (exact) mass is 402 g/mol. The summed E-state index contributed by atoms with van der Waals surface area (Å²) >= 11 is 4.83. The van der Waals surface area contributed by atoms with Crippen LogP contribution in [0.1, 0.15) is 13.3 Å². The summed E-state index contributed by atoms with van der Waals surface area (Å²) in [7, 11) is 0. The largest absolute Gasteiger partial charge is 0.300 e. The van der Waals surface area contributed by atoms with E-state index < -0.39 is 0 Å². The predicted octanol–water partition coefficient (Wildman–Crippen LogP) is 4.22. The number of Topliss-reactive ketones (excluding diaryl/α,β-unsaturated/α-hetero) is 1. The van der Waals surface area contributed by atoms with Crippen LogP contribution < -0.4 is 5.56 Å². The van der Waals surface area contributed by atoms with Crippen LogP contribution in [0.4, 0.5) is 0 Å². The molecule has 0 aliphatic carbocycles. The molecular formula is C18H15BrN2O2S. The second-order valence-electron chi connectivity index (χ2n) is 5.33. The first kappa shape index (κ1) is 16.9. The minimum atomic E-state index is -0.113. The third kappa shape index (κ3) is 3.60. The van der Waals surface area contributed by atoms with Gasteiger partial charge >= 0.3 is 0 Å². The van der Waals surface area contributed by atoms with Crippen LogP contribution in [0.25, 0.3) is 16.6 Å². The van der Waals surface area contributed by atoms with Gasteiger partial charge in [0.2, 0.25) is 0 Å². The van der Waals surface area contributed by atoms with E-state index in [-0.39, 0.29) is 11.3 Å². The normalized spacial score (nSPS) is 10.9. The molecule has 0 atom stereocenters. The van der Waals surface area contributed by atoms with Gasteiger partial charge in [0.1, 0.15) is 5.78 Å². The number of fused-ring (bicyclic) bond motifs is 1. The zero-order chi connectivity index (χ0) is 17.1. The minimum absolute atomic E-state index is 0.113. The van der Waals surface area contributed by atoms with Gasteiger partial charge in [-0.25, -0.2) is 4.98 Å². The van der Waals surface area contributed by atoms with Gasteiger partial charge in [-0.3, -0.25) is 14.2 Å². The van der Waals surface area contributed by atoms with E-state index in [2.05, 4.69) is 20.9 Å². The number of hydrogen-bond acceptors (Lipinski definition) is 4. The van der Waals surface area contributed by atoms with Crippen LogP contribution in [0, 0.1) is 0 Å². The van der Waals surface area contributed by atoms with Gasteiger partial charge < -0.3 is 0 Å². The van der Waals surface area contributed by atoms with Crippen molar-refractivity contribution in [1.82, 2.24) is 9.55 Å². The number of carbonyl (C=O) groups excluding carboxylic acids is 1. The summed E-state index contributed by atoms with van der Waals surface area (Å²) in [5.74, 6) is 0.720. The Balaban J connectivity index is 2.18. The molecule has 3 rings (SSSR count). The molecule has 3 aromatic rings. The van der Waals surface area contributed by atoms with Crippen molar-refractivity contribution in [3.8, 4) is 5.69 Å². The van der Waals surface area contributed by atoms with E-state index in [0.29, 0.717) is 28.2 Å². The lowest BCUT2D eigenvalue weighted by Gasteiger charge is -2.13. The van der Waals surface area contributed by atoms with Crippen molar-refractivity contribution in [3.63, 3.8) is 0 Å². The van der Waals surface area contributed by atoms with Crippen molar-refractivity contribution in [2.45, 2.75) is 18.5 Å². The molecule has 1 heterocycles. The maximum absolute atomic E-state index is 13.0. The predicted molar refractivity (Wildman–Crippen MR) is 101 cm³/mol. The van der Waals surface area contributed by atoms with Crippen LogP contribution in [-0.4, -0.2) is 21.1 Å². The fraction of sp³-hybridized carbons (Fsp3) is 0.167. The molecule has 6 heteroatoms. The molecule has 0 aliphatic rings. The highest BCUT2D eigenvalue weighted by Crippen LogP contribution is 2.23. The van der Waals surface area contributed by atoms with Crippen LogP contribution in [0.2, 0.25) is 0 Å². The average molecular weight is 403 g/mol. The summed E-state index contributed by atoms with van der Waals surface area (Å²) in [6, 6.07) is 14.9. The summed E-state index contributed by atoms with van der Waals surface area (Å²) in [4.78, 5) is 28.9. The van der Waals surface area contributed by atoms with Crippen LogP contribution in [0.15, 0.2) is 63.0 Å². The molecule has 0 amide bonds. The van der Waals surface area contributed by atoms with Crippen molar-refractivity contribution in [2.75, 3.05) is 5.75 Å². The summed E-state index contributed by atoms with van der Waals surface area (Å²) < 4.78 is 2.45. The third-order valence-corrected chi connectivity index (χ3v) is 4.93. The van der Waals surface area contributed by atoms with Crippen LogP contribution in [0.3, 0.4) is 0 Å². The smallest absolute Gasteiger partial charge is 0.266 e. The van der Waals surface area contributed by atoms with Crippen molar-refractivity contribution in [2.24, 2.45) is 0 Å². The molecule has 0 bridgehead atoms. The number of nitrogens with zero attached hydrogens (tertiary/aromatic N) is 2. The van der Waals surface area contributed by atoms with Crippen molar-refractivity contribution < 1.29 is 4.79 Å². The molecule has 1 aromatic heterocycles. The van der Waals surface area contributed by atoms with E-state index in [1.54, 1.807) is 17.6 Å². The molecule has 0 aliphatic heterocycles. The van der Waals surface area contributed by atoms with Crippen LogP contribution >= 0.6 is 27.7 Å². The van der Waals surface area contributed by atoms with Crippen LogP contribution in [-0.2, 0) is 4.79 Å². The summed E-state index contributed by atoms with van der Waals surface area (Å²) in [5.41, 5.74) is 1.31. The number of benzene rings is 2.